The lowest BCUT2D eigenvalue weighted by atomic mass is 10.0. The molecule has 0 spiro atoms. The molecule has 1 aliphatic rings. The van der Waals surface area contributed by atoms with Crippen LogP contribution in [0, 0.1) is 5.92 Å². The first-order valence-corrected chi connectivity index (χ1v) is 7.19. The van der Waals surface area contributed by atoms with E-state index >= 15 is 0 Å². The summed E-state index contributed by atoms with van der Waals surface area (Å²) in [6, 6.07) is 8.36. The van der Waals surface area contributed by atoms with Gasteiger partial charge in [-0.3, -0.25) is 9.69 Å². The maximum absolute atomic E-state index is 10.6. The van der Waals surface area contributed by atoms with Gasteiger partial charge in [-0.1, -0.05) is 24.3 Å². The van der Waals surface area contributed by atoms with Crippen molar-refractivity contribution in [1.29, 1.82) is 0 Å². The Morgan fingerprint density at radius 2 is 2.15 bits per heavy atom. The minimum absolute atomic E-state index is 0.290. The average molecular weight is 277 g/mol. The van der Waals surface area contributed by atoms with E-state index in [0.717, 1.165) is 32.5 Å². The number of likely N-dealkylation sites (tertiary alicyclic amines) is 1. The zero-order chi connectivity index (χ0) is 14.4. The predicted octanol–water partition coefficient (Wildman–Crippen LogP) is 2.52. The second kappa shape index (κ2) is 7.41. The molecule has 20 heavy (non-hydrogen) atoms. The molecule has 1 heterocycles. The standard InChI is InChI=1S/C16H23NO3/c1-20-12-15-5-3-2-4-14(15)11-17-9-8-13(10-17)6-7-16(18)19/h2-5,13H,6-12H2,1H3,(H,18,19). The summed E-state index contributed by atoms with van der Waals surface area (Å²) >= 11 is 0. The fraction of sp³-hybridized carbons (Fsp3) is 0.562. The van der Waals surface area contributed by atoms with E-state index in [0.29, 0.717) is 18.9 Å². The smallest absolute Gasteiger partial charge is 0.303 e. The highest BCUT2D eigenvalue weighted by molar-refractivity contribution is 5.66. The Labute approximate surface area is 120 Å². The van der Waals surface area contributed by atoms with Crippen LogP contribution in [0.3, 0.4) is 0 Å². The first-order chi connectivity index (χ1) is 9.69. The van der Waals surface area contributed by atoms with E-state index in [4.69, 9.17) is 9.84 Å². The number of carboxylic acids is 1. The number of benzene rings is 1. The van der Waals surface area contributed by atoms with Crippen LogP contribution in [0.15, 0.2) is 24.3 Å². The highest BCUT2D eigenvalue weighted by atomic mass is 16.5. The molecule has 0 radical (unpaired) electrons. The SMILES string of the molecule is COCc1ccccc1CN1CCC(CCC(=O)O)C1. The third-order valence-electron chi connectivity index (χ3n) is 3.95. The van der Waals surface area contributed by atoms with Crippen molar-refractivity contribution in [3.05, 3.63) is 35.4 Å². The summed E-state index contributed by atoms with van der Waals surface area (Å²) in [4.78, 5) is 13.0. The van der Waals surface area contributed by atoms with E-state index in [9.17, 15) is 4.79 Å². The molecule has 1 saturated heterocycles. The van der Waals surface area contributed by atoms with Gasteiger partial charge in [-0.05, 0) is 36.4 Å². The molecule has 1 N–H and O–H groups in total. The van der Waals surface area contributed by atoms with Gasteiger partial charge in [0.05, 0.1) is 6.61 Å². The maximum Gasteiger partial charge on any atom is 0.303 e. The molecule has 1 aromatic rings. The van der Waals surface area contributed by atoms with Gasteiger partial charge in [-0.25, -0.2) is 0 Å². The minimum atomic E-state index is -0.686. The van der Waals surface area contributed by atoms with Crippen molar-refractivity contribution >= 4 is 5.97 Å². The Bertz CT molecular complexity index is 447. The summed E-state index contributed by atoms with van der Waals surface area (Å²) in [5.74, 6) is -0.158. The van der Waals surface area contributed by atoms with Crippen molar-refractivity contribution in [2.75, 3.05) is 20.2 Å². The molecule has 1 atom stereocenters. The summed E-state index contributed by atoms with van der Waals surface area (Å²) in [6.45, 7) is 3.65. The molecule has 1 aromatic carbocycles. The van der Waals surface area contributed by atoms with E-state index in [2.05, 4.69) is 23.1 Å². The monoisotopic (exact) mass is 277 g/mol. The molecular formula is C16H23NO3. The first kappa shape index (κ1) is 15.0. The lowest BCUT2D eigenvalue weighted by Gasteiger charge is -2.18. The van der Waals surface area contributed by atoms with Gasteiger partial charge in [0.25, 0.3) is 0 Å². The zero-order valence-electron chi connectivity index (χ0n) is 12.0. The number of hydrogen-bond donors (Lipinski definition) is 1. The first-order valence-electron chi connectivity index (χ1n) is 7.19. The van der Waals surface area contributed by atoms with Gasteiger partial charge in [-0.2, -0.15) is 0 Å². The van der Waals surface area contributed by atoms with Crippen molar-refractivity contribution in [1.82, 2.24) is 4.90 Å². The molecule has 0 aliphatic carbocycles. The van der Waals surface area contributed by atoms with Crippen molar-refractivity contribution in [2.45, 2.75) is 32.4 Å². The number of hydrogen-bond acceptors (Lipinski definition) is 3. The highest BCUT2D eigenvalue weighted by Gasteiger charge is 2.23. The van der Waals surface area contributed by atoms with Gasteiger partial charge in [0.2, 0.25) is 0 Å². The second-order valence-corrected chi connectivity index (χ2v) is 5.52. The lowest BCUT2D eigenvalue weighted by molar-refractivity contribution is -0.137. The summed E-state index contributed by atoms with van der Waals surface area (Å²) in [7, 11) is 1.72. The van der Waals surface area contributed by atoms with Crippen LogP contribution in [0.1, 0.15) is 30.4 Å². The van der Waals surface area contributed by atoms with Gasteiger partial charge in [-0.15, -0.1) is 0 Å². The van der Waals surface area contributed by atoms with Crippen LogP contribution in [0.4, 0.5) is 0 Å². The van der Waals surface area contributed by atoms with Crippen LogP contribution < -0.4 is 0 Å². The summed E-state index contributed by atoms with van der Waals surface area (Å²) in [5, 5.41) is 8.74. The zero-order valence-corrected chi connectivity index (χ0v) is 12.0. The van der Waals surface area contributed by atoms with Crippen molar-refractivity contribution in [3.8, 4) is 0 Å². The minimum Gasteiger partial charge on any atom is -0.481 e. The molecule has 4 nitrogen and oxygen atoms in total. The number of nitrogens with zero attached hydrogens (tertiary/aromatic N) is 1. The molecule has 0 saturated carbocycles. The normalized spacial score (nSPS) is 19.4. The molecule has 1 aliphatic heterocycles. The summed E-state index contributed by atoms with van der Waals surface area (Å²) < 4.78 is 5.24. The number of aliphatic carboxylic acids is 1. The van der Waals surface area contributed by atoms with E-state index in [1.165, 1.54) is 11.1 Å². The second-order valence-electron chi connectivity index (χ2n) is 5.52. The van der Waals surface area contributed by atoms with Gasteiger partial charge < -0.3 is 9.84 Å². The number of methoxy groups -OCH3 is 1. The van der Waals surface area contributed by atoms with Crippen LogP contribution in [0.2, 0.25) is 0 Å². The number of ether oxygens (including phenoxy) is 1. The van der Waals surface area contributed by atoms with Crippen LogP contribution >= 0.6 is 0 Å². The summed E-state index contributed by atoms with van der Waals surface area (Å²) in [5.41, 5.74) is 2.55. The molecule has 1 fully saturated rings. The Morgan fingerprint density at radius 3 is 2.85 bits per heavy atom. The van der Waals surface area contributed by atoms with Gasteiger partial charge in [0.1, 0.15) is 0 Å². The molecule has 1 unspecified atom stereocenters. The van der Waals surface area contributed by atoms with E-state index in [1.54, 1.807) is 7.11 Å². The Balaban J connectivity index is 1.87. The van der Waals surface area contributed by atoms with Crippen LogP contribution in [-0.4, -0.2) is 36.2 Å². The van der Waals surface area contributed by atoms with Crippen LogP contribution in [0.25, 0.3) is 0 Å². The fourth-order valence-corrected chi connectivity index (χ4v) is 2.87. The van der Waals surface area contributed by atoms with Crippen molar-refractivity contribution in [3.63, 3.8) is 0 Å². The molecule has 110 valence electrons. The lowest BCUT2D eigenvalue weighted by Crippen LogP contribution is -2.21. The van der Waals surface area contributed by atoms with E-state index < -0.39 is 5.97 Å². The van der Waals surface area contributed by atoms with Crippen LogP contribution in [-0.2, 0) is 22.7 Å². The number of rotatable bonds is 7. The molecule has 4 heteroatoms. The highest BCUT2D eigenvalue weighted by Crippen LogP contribution is 2.23. The van der Waals surface area contributed by atoms with Crippen molar-refractivity contribution < 1.29 is 14.6 Å². The topological polar surface area (TPSA) is 49.8 Å². The van der Waals surface area contributed by atoms with Crippen LogP contribution in [0.5, 0.6) is 0 Å². The molecule has 0 bridgehead atoms. The average Bonchev–Trinajstić information content (AvgIpc) is 2.87. The van der Waals surface area contributed by atoms with E-state index in [1.807, 2.05) is 6.07 Å². The third kappa shape index (κ3) is 4.32. The number of carboxylic acid groups (broad SMARTS) is 1. The van der Waals surface area contributed by atoms with E-state index in [-0.39, 0.29) is 0 Å². The third-order valence-corrected chi connectivity index (χ3v) is 3.95. The predicted molar refractivity (Wildman–Crippen MR) is 77.4 cm³/mol. The molecule has 0 aromatic heterocycles. The Hall–Kier alpha value is -1.39. The summed E-state index contributed by atoms with van der Waals surface area (Å²) in [6.07, 6.45) is 2.20. The Kier molecular flexibility index (Phi) is 5.56. The van der Waals surface area contributed by atoms with Gasteiger partial charge >= 0.3 is 5.97 Å². The van der Waals surface area contributed by atoms with Gasteiger partial charge in [0.15, 0.2) is 0 Å². The van der Waals surface area contributed by atoms with Crippen molar-refractivity contribution in [2.24, 2.45) is 5.92 Å². The fourth-order valence-electron chi connectivity index (χ4n) is 2.87. The number of carbonyl (C=O) groups is 1. The molecule has 0 amide bonds. The Morgan fingerprint density at radius 1 is 1.40 bits per heavy atom. The molecule has 2 rings (SSSR count). The largest absolute Gasteiger partial charge is 0.481 e. The molecular weight excluding hydrogens is 254 g/mol. The van der Waals surface area contributed by atoms with Gasteiger partial charge in [0, 0.05) is 26.6 Å². The quantitative estimate of drug-likeness (QED) is 0.832. The maximum atomic E-state index is 10.6.